The van der Waals surface area contributed by atoms with Gasteiger partial charge in [0.25, 0.3) is 0 Å². The minimum Gasteiger partial charge on any atom is -0.474 e. The van der Waals surface area contributed by atoms with Crippen LogP contribution in [0.5, 0.6) is 5.88 Å². The molecule has 4 aromatic rings. The van der Waals surface area contributed by atoms with E-state index in [9.17, 15) is 0 Å². The third kappa shape index (κ3) is 4.72. The summed E-state index contributed by atoms with van der Waals surface area (Å²) in [6.07, 6.45) is 12.1. The van der Waals surface area contributed by atoms with E-state index in [4.69, 9.17) is 14.6 Å². The van der Waals surface area contributed by atoms with Gasteiger partial charge in [-0.1, -0.05) is 25.0 Å². The van der Waals surface area contributed by atoms with Gasteiger partial charge in [-0.05, 0) is 36.6 Å². The van der Waals surface area contributed by atoms with Crippen molar-refractivity contribution >= 4 is 21.8 Å². The summed E-state index contributed by atoms with van der Waals surface area (Å²) in [7, 11) is 2.09. The Morgan fingerprint density at radius 1 is 0.909 bits per heavy atom. The number of pyridine rings is 2. The zero-order valence-electron chi connectivity index (χ0n) is 19.1. The van der Waals surface area contributed by atoms with Crippen molar-refractivity contribution in [2.45, 2.75) is 50.7 Å². The molecular weight excluding hydrogens is 414 g/mol. The molecule has 1 N–H and O–H groups in total. The van der Waals surface area contributed by atoms with Crippen molar-refractivity contribution in [3.05, 3.63) is 55.0 Å². The Balaban J connectivity index is 1.16. The monoisotopic (exact) mass is 445 g/mol. The van der Waals surface area contributed by atoms with Gasteiger partial charge in [0.1, 0.15) is 6.10 Å². The molecule has 1 aliphatic rings. The number of nitrogens with zero attached hydrogens (tertiary/aromatic N) is 3. The molecule has 5 rings (SSSR count). The predicted molar refractivity (Wildman–Crippen MR) is 130 cm³/mol. The number of rotatable bonds is 10. The van der Waals surface area contributed by atoms with Crippen molar-refractivity contribution in [2.24, 2.45) is 7.05 Å². The third-order valence-electron chi connectivity index (χ3n) is 6.62. The van der Waals surface area contributed by atoms with E-state index in [1.807, 2.05) is 24.7 Å². The Labute approximate surface area is 194 Å². The second-order valence-corrected chi connectivity index (χ2v) is 8.91. The Kier molecular flexibility index (Phi) is 6.55. The minimum absolute atomic E-state index is 0.184. The van der Waals surface area contributed by atoms with Crippen LogP contribution in [0.3, 0.4) is 0 Å². The van der Waals surface area contributed by atoms with Crippen LogP contribution < -0.4 is 4.74 Å². The fraction of sp³-hybridized carbons (Fsp3) is 0.407. The Morgan fingerprint density at radius 3 is 2.58 bits per heavy atom. The molecule has 0 radical (unpaired) electrons. The van der Waals surface area contributed by atoms with Gasteiger partial charge >= 0.3 is 0 Å². The van der Waals surface area contributed by atoms with Crippen molar-refractivity contribution in [3.63, 3.8) is 0 Å². The summed E-state index contributed by atoms with van der Waals surface area (Å²) in [4.78, 5) is 8.83. The maximum Gasteiger partial charge on any atom is 0.213 e. The summed E-state index contributed by atoms with van der Waals surface area (Å²) in [5, 5.41) is 11.2. The molecule has 1 aliphatic carbocycles. The van der Waals surface area contributed by atoms with Gasteiger partial charge in [0.2, 0.25) is 5.88 Å². The molecule has 0 aliphatic heterocycles. The van der Waals surface area contributed by atoms with Crippen LogP contribution in [0.25, 0.3) is 32.9 Å². The van der Waals surface area contributed by atoms with Crippen molar-refractivity contribution in [2.75, 3.05) is 13.2 Å². The summed E-state index contributed by atoms with van der Waals surface area (Å²) < 4.78 is 14.1. The second kappa shape index (κ2) is 9.89. The lowest BCUT2D eigenvalue weighted by atomic mass is 9.92. The quantitative estimate of drug-likeness (QED) is 0.337. The molecule has 1 saturated carbocycles. The van der Waals surface area contributed by atoms with Crippen LogP contribution in [0, 0.1) is 0 Å². The summed E-state index contributed by atoms with van der Waals surface area (Å²) in [6, 6.07) is 12.6. The number of benzene rings is 1. The summed E-state index contributed by atoms with van der Waals surface area (Å²) in [5.74, 6) is 0.669. The van der Waals surface area contributed by atoms with E-state index in [1.165, 1.54) is 21.8 Å². The molecule has 6 heteroatoms. The zero-order chi connectivity index (χ0) is 22.6. The molecule has 1 fully saturated rings. The fourth-order valence-electron chi connectivity index (χ4n) is 4.59. The molecule has 33 heavy (non-hydrogen) atoms. The number of hydrogen-bond acceptors (Lipinski definition) is 5. The third-order valence-corrected chi connectivity index (χ3v) is 6.62. The average Bonchev–Trinajstić information content (AvgIpc) is 3.11. The first-order valence-electron chi connectivity index (χ1n) is 11.9. The second-order valence-electron chi connectivity index (χ2n) is 8.91. The summed E-state index contributed by atoms with van der Waals surface area (Å²) in [6.45, 7) is 1.09. The number of aromatic nitrogens is 3. The lowest BCUT2D eigenvalue weighted by Gasteiger charge is -2.34. The molecule has 6 nitrogen and oxygen atoms in total. The Hall–Kier alpha value is -2.96. The van der Waals surface area contributed by atoms with Gasteiger partial charge in [-0.25, -0.2) is 4.98 Å². The zero-order valence-corrected chi connectivity index (χ0v) is 19.1. The van der Waals surface area contributed by atoms with E-state index in [1.54, 1.807) is 0 Å². The number of aryl methyl sites for hydroxylation is 1. The fourth-order valence-corrected chi connectivity index (χ4v) is 4.59. The maximum atomic E-state index is 8.80. The van der Waals surface area contributed by atoms with Crippen LogP contribution in [-0.2, 0) is 11.8 Å². The maximum absolute atomic E-state index is 8.80. The largest absolute Gasteiger partial charge is 0.474 e. The Morgan fingerprint density at radius 2 is 1.76 bits per heavy atom. The summed E-state index contributed by atoms with van der Waals surface area (Å²) >= 11 is 0. The number of aliphatic hydroxyl groups excluding tert-OH is 1. The standard InChI is InChI=1S/C27H31N3O3/c1-30-25-10-11-28-18-24(25)23-8-6-19(14-26(23)30)20-7-9-27(29-17-20)33-22-15-21(16-22)32-13-5-3-2-4-12-31/h6-11,14,17-18,21-22,31H,2-5,12-13,15-16H2,1H3/t21-,22-. The van der Waals surface area contributed by atoms with Gasteiger partial charge in [0.05, 0.1) is 11.6 Å². The molecule has 172 valence electrons. The molecule has 3 aromatic heterocycles. The van der Waals surface area contributed by atoms with Crippen molar-refractivity contribution in [1.29, 1.82) is 0 Å². The van der Waals surface area contributed by atoms with Gasteiger partial charge < -0.3 is 19.1 Å². The molecule has 0 unspecified atom stereocenters. The van der Waals surface area contributed by atoms with E-state index in [0.29, 0.717) is 12.0 Å². The van der Waals surface area contributed by atoms with E-state index in [-0.39, 0.29) is 12.7 Å². The molecule has 3 heterocycles. The minimum atomic E-state index is 0.184. The Bertz CT molecular complexity index is 1210. The van der Waals surface area contributed by atoms with E-state index >= 15 is 0 Å². The van der Waals surface area contributed by atoms with Crippen molar-refractivity contribution < 1.29 is 14.6 Å². The highest BCUT2D eigenvalue weighted by Gasteiger charge is 2.31. The van der Waals surface area contributed by atoms with Crippen LogP contribution in [0.2, 0.25) is 0 Å². The lowest BCUT2D eigenvalue weighted by molar-refractivity contribution is -0.0628. The molecule has 0 atom stereocenters. The van der Waals surface area contributed by atoms with E-state index in [2.05, 4.69) is 51.9 Å². The molecule has 0 spiro atoms. The number of ether oxygens (including phenoxy) is 2. The SMILES string of the molecule is Cn1c2ccncc2c2ccc(-c3ccc(O[C@H]4C[C@H](OCCCCCCO)C4)nc3)cc21. The van der Waals surface area contributed by atoms with Crippen LogP contribution in [0.4, 0.5) is 0 Å². The molecule has 0 saturated heterocycles. The molecule has 0 bridgehead atoms. The number of fused-ring (bicyclic) bond motifs is 3. The van der Waals surface area contributed by atoms with E-state index < -0.39 is 0 Å². The van der Waals surface area contributed by atoms with E-state index in [0.717, 1.165) is 56.3 Å². The first-order chi connectivity index (χ1) is 16.2. The highest BCUT2D eigenvalue weighted by atomic mass is 16.5. The lowest BCUT2D eigenvalue weighted by Crippen LogP contribution is -2.39. The first-order valence-corrected chi connectivity index (χ1v) is 11.9. The van der Waals surface area contributed by atoms with Gasteiger partial charge in [0, 0.05) is 79.6 Å². The topological polar surface area (TPSA) is 69.4 Å². The number of hydrogen-bond donors (Lipinski definition) is 1. The number of unbranched alkanes of at least 4 members (excludes halogenated alkanes) is 3. The molecule has 0 amide bonds. The van der Waals surface area contributed by atoms with Crippen LogP contribution in [-0.4, -0.2) is 45.1 Å². The van der Waals surface area contributed by atoms with Crippen LogP contribution >= 0.6 is 0 Å². The number of aliphatic hydroxyl groups is 1. The smallest absolute Gasteiger partial charge is 0.213 e. The normalized spacial score (nSPS) is 18.0. The van der Waals surface area contributed by atoms with Gasteiger partial charge in [-0.3, -0.25) is 4.98 Å². The molecular formula is C27H31N3O3. The van der Waals surface area contributed by atoms with Gasteiger partial charge in [-0.15, -0.1) is 0 Å². The predicted octanol–water partition coefficient (Wildman–Crippen LogP) is 5.27. The molecule has 1 aromatic carbocycles. The van der Waals surface area contributed by atoms with Crippen LogP contribution in [0.15, 0.2) is 55.0 Å². The highest BCUT2D eigenvalue weighted by Crippen LogP contribution is 2.32. The van der Waals surface area contributed by atoms with Crippen LogP contribution in [0.1, 0.15) is 38.5 Å². The van der Waals surface area contributed by atoms with Gasteiger partial charge in [-0.2, -0.15) is 0 Å². The highest BCUT2D eigenvalue weighted by molar-refractivity contribution is 6.08. The van der Waals surface area contributed by atoms with Gasteiger partial charge in [0.15, 0.2) is 0 Å². The average molecular weight is 446 g/mol. The summed E-state index contributed by atoms with van der Waals surface area (Å²) in [5.41, 5.74) is 4.58. The van der Waals surface area contributed by atoms with Crippen molar-refractivity contribution in [1.82, 2.24) is 14.5 Å². The first kappa shape index (κ1) is 21.9. The van der Waals surface area contributed by atoms with Crippen molar-refractivity contribution in [3.8, 4) is 17.0 Å².